The number of hydrogen-bond acceptors (Lipinski definition) is 4. The van der Waals surface area contributed by atoms with Gasteiger partial charge >= 0.3 is 5.97 Å². The van der Waals surface area contributed by atoms with Crippen LogP contribution in [-0.4, -0.2) is 44.6 Å². The Morgan fingerprint density at radius 1 is 0.969 bits per heavy atom. The molecule has 10 unspecified atom stereocenters. The summed E-state index contributed by atoms with van der Waals surface area (Å²) in [5.74, 6) is 1.72. The van der Waals surface area contributed by atoms with Crippen molar-refractivity contribution in [2.75, 3.05) is 0 Å². The van der Waals surface area contributed by atoms with E-state index in [4.69, 9.17) is 15.0 Å². The normalized spacial score (nSPS) is 46.0. The van der Waals surface area contributed by atoms with Crippen LogP contribution in [0.3, 0.4) is 0 Å². The third kappa shape index (κ3) is 4.59. The Labute approximate surface area is 192 Å². The summed E-state index contributed by atoms with van der Waals surface area (Å²) in [6.45, 7) is 8.07. The first-order chi connectivity index (χ1) is 14.9. The van der Waals surface area contributed by atoms with E-state index in [1.807, 2.05) is 0 Å². The second kappa shape index (κ2) is 9.61. The van der Waals surface area contributed by atoms with Crippen molar-refractivity contribution in [1.82, 2.24) is 0 Å². The number of fused-ring (bicyclic) bond motifs is 5. The molecule has 4 rings (SSSR count). The molecule has 0 spiro atoms. The van der Waals surface area contributed by atoms with E-state index in [1.165, 1.54) is 19.3 Å². The highest BCUT2D eigenvalue weighted by Gasteiger charge is 2.63. The lowest BCUT2D eigenvalue weighted by Crippen LogP contribution is -2.58. The average Bonchev–Trinajstić information content (AvgIpc) is 3.06. The molecule has 0 radical (unpaired) electrons. The number of aliphatic hydroxyl groups excluding tert-OH is 2. The molecule has 6 nitrogen and oxygen atoms in total. The lowest BCUT2D eigenvalue weighted by Gasteiger charge is -2.62. The van der Waals surface area contributed by atoms with Crippen LogP contribution in [0.15, 0.2) is 0 Å². The van der Waals surface area contributed by atoms with Crippen LogP contribution in [0.1, 0.15) is 91.9 Å². The van der Waals surface area contributed by atoms with Crippen molar-refractivity contribution in [1.29, 1.82) is 0 Å². The average molecular weight is 453 g/mol. The van der Waals surface area contributed by atoms with E-state index in [0.29, 0.717) is 35.5 Å². The number of rotatable bonds is 4. The van der Waals surface area contributed by atoms with Gasteiger partial charge in [0.25, 0.3) is 5.97 Å². The Kier molecular flexibility index (Phi) is 7.66. The van der Waals surface area contributed by atoms with E-state index in [0.717, 1.165) is 45.4 Å². The van der Waals surface area contributed by atoms with Gasteiger partial charge < -0.3 is 20.4 Å². The predicted octanol–water partition coefficient (Wildman–Crippen LogP) is 4.57. The van der Waals surface area contributed by atoms with E-state index >= 15 is 0 Å². The summed E-state index contributed by atoms with van der Waals surface area (Å²) < 4.78 is 0. The number of carboxylic acids is 2. The van der Waals surface area contributed by atoms with E-state index in [9.17, 15) is 15.0 Å². The molecule has 0 bridgehead atoms. The fraction of sp³-hybridized carbons (Fsp3) is 0.923. The third-order valence-electron chi connectivity index (χ3n) is 10.3. The van der Waals surface area contributed by atoms with E-state index in [-0.39, 0.29) is 29.5 Å². The van der Waals surface area contributed by atoms with Crippen molar-refractivity contribution < 1.29 is 30.0 Å². The molecule has 0 aromatic carbocycles. The fourth-order valence-corrected chi connectivity index (χ4v) is 8.71. The van der Waals surface area contributed by atoms with E-state index in [2.05, 4.69) is 20.8 Å². The minimum Gasteiger partial charge on any atom is -0.481 e. The Morgan fingerprint density at radius 2 is 1.62 bits per heavy atom. The molecule has 10 atom stereocenters. The van der Waals surface area contributed by atoms with Gasteiger partial charge in [-0.15, -0.1) is 0 Å². The summed E-state index contributed by atoms with van der Waals surface area (Å²) in [6, 6.07) is 0. The Morgan fingerprint density at radius 3 is 2.25 bits per heavy atom. The van der Waals surface area contributed by atoms with Crippen molar-refractivity contribution >= 4 is 11.9 Å². The topological polar surface area (TPSA) is 115 Å². The maximum Gasteiger partial charge on any atom is 0.303 e. The molecule has 0 amide bonds. The summed E-state index contributed by atoms with van der Waals surface area (Å²) in [7, 11) is 0. The molecular formula is C26H44O6. The Hall–Kier alpha value is -1.14. The zero-order valence-corrected chi connectivity index (χ0v) is 20.3. The predicted molar refractivity (Wildman–Crippen MR) is 122 cm³/mol. The zero-order valence-electron chi connectivity index (χ0n) is 20.3. The van der Waals surface area contributed by atoms with Crippen LogP contribution in [0.5, 0.6) is 0 Å². The first-order valence-electron chi connectivity index (χ1n) is 12.7. The molecule has 0 saturated heterocycles. The van der Waals surface area contributed by atoms with Crippen molar-refractivity contribution in [3.63, 3.8) is 0 Å². The van der Waals surface area contributed by atoms with Gasteiger partial charge in [0.2, 0.25) is 0 Å². The SMILES string of the molecule is CC(=O)O.CC(CCC(=O)O)C1CCC2C3CCC4CC(O)CCC4(C)C3CC(O)C12C. The highest BCUT2D eigenvalue weighted by atomic mass is 16.4. The maximum atomic E-state index is 11.5. The van der Waals surface area contributed by atoms with Crippen LogP contribution < -0.4 is 0 Å². The third-order valence-corrected chi connectivity index (χ3v) is 10.3. The summed E-state index contributed by atoms with van der Waals surface area (Å²) in [5.41, 5.74) is 0.216. The van der Waals surface area contributed by atoms with Crippen LogP contribution in [0, 0.1) is 46.3 Å². The van der Waals surface area contributed by atoms with Gasteiger partial charge in [-0.1, -0.05) is 20.8 Å². The minimum absolute atomic E-state index is 0.0591. The number of hydrogen-bond donors (Lipinski definition) is 4. The quantitative estimate of drug-likeness (QED) is 0.497. The fourth-order valence-electron chi connectivity index (χ4n) is 8.71. The van der Waals surface area contributed by atoms with Gasteiger partial charge in [0.1, 0.15) is 0 Å². The summed E-state index contributed by atoms with van der Waals surface area (Å²) in [5, 5.41) is 38.2. The largest absolute Gasteiger partial charge is 0.481 e. The van der Waals surface area contributed by atoms with Crippen molar-refractivity contribution in [3.05, 3.63) is 0 Å². The minimum atomic E-state index is -0.833. The second-order valence-electron chi connectivity index (χ2n) is 11.8. The molecule has 0 aliphatic heterocycles. The summed E-state index contributed by atoms with van der Waals surface area (Å²) >= 11 is 0. The molecular weight excluding hydrogens is 408 g/mol. The molecule has 4 saturated carbocycles. The van der Waals surface area contributed by atoms with Gasteiger partial charge in [-0.3, -0.25) is 9.59 Å². The van der Waals surface area contributed by atoms with Crippen LogP contribution in [0.4, 0.5) is 0 Å². The molecule has 6 heteroatoms. The van der Waals surface area contributed by atoms with Crippen LogP contribution in [0.2, 0.25) is 0 Å². The number of aliphatic hydroxyl groups is 2. The van der Waals surface area contributed by atoms with Gasteiger partial charge in [-0.2, -0.15) is 0 Å². The molecule has 0 aromatic rings. The van der Waals surface area contributed by atoms with Crippen molar-refractivity contribution in [2.24, 2.45) is 46.3 Å². The standard InChI is InChI=1S/C24H40O4.C2H4O2/c1-14(4-9-22(27)28)18-7-8-19-17-6-5-15-12-16(25)10-11-23(15,2)20(17)13-21(26)24(18,19)3;1-2(3)4/h14-21,25-26H,4-13H2,1-3H3,(H,27,28);1H3,(H,3,4). The van der Waals surface area contributed by atoms with Gasteiger partial charge in [0, 0.05) is 13.3 Å². The smallest absolute Gasteiger partial charge is 0.303 e. The van der Waals surface area contributed by atoms with Gasteiger partial charge in [-0.05, 0) is 104 Å². The molecule has 4 N–H and O–H groups in total. The van der Waals surface area contributed by atoms with Crippen LogP contribution in [-0.2, 0) is 9.59 Å². The van der Waals surface area contributed by atoms with Crippen molar-refractivity contribution in [3.8, 4) is 0 Å². The molecule has 4 aliphatic carbocycles. The van der Waals surface area contributed by atoms with Crippen LogP contribution in [0.25, 0.3) is 0 Å². The lowest BCUT2D eigenvalue weighted by atomic mass is 9.43. The highest BCUT2D eigenvalue weighted by molar-refractivity contribution is 5.66. The van der Waals surface area contributed by atoms with Crippen molar-refractivity contribution in [2.45, 2.75) is 104 Å². The molecule has 32 heavy (non-hydrogen) atoms. The summed E-state index contributed by atoms with van der Waals surface area (Å²) in [4.78, 5) is 20.1. The van der Waals surface area contributed by atoms with Gasteiger partial charge in [0.05, 0.1) is 12.2 Å². The number of aliphatic carboxylic acids is 2. The van der Waals surface area contributed by atoms with Gasteiger partial charge in [0.15, 0.2) is 0 Å². The van der Waals surface area contributed by atoms with Gasteiger partial charge in [-0.25, -0.2) is 0 Å². The Balaban J connectivity index is 0.000000668. The lowest BCUT2D eigenvalue weighted by molar-refractivity contribution is -0.175. The zero-order chi connectivity index (χ0) is 23.8. The maximum absolute atomic E-state index is 11.5. The summed E-state index contributed by atoms with van der Waals surface area (Å²) in [6.07, 6.45) is 9.26. The second-order valence-corrected chi connectivity index (χ2v) is 11.8. The van der Waals surface area contributed by atoms with Crippen LogP contribution >= 0.6 is 0 Å². The molecule has 4 fully saturated rings. The van der Waals surface area contributed by atoms with E-state index < -0.39 is 11.9 Å². The highest BCUT2D eigenvalue weighted by Crippen LogP contribution is 2.68. The molecule has 184 valence electrons. The first-order valence-corrected chi connectivity index (χ1v) is 12.7. The monoisotopic (exact) mass is 452 g/mol. The number of carbonyl (C=O) groups is 2. The van der Waals surface area contributed by atoms with E-state index in [1.54, 1.807) is 0 Å². The molecule has 0 aromatic heterocycles. The molecule has 0 heterocycles. The Bertz CT molecular complexity index is 690. The first kappa shape index (κ1) is 25.5. The molecule has 4 aliphatic rings. The number of carboxylic acid groups (broad SMARTS) is 2.